The van der Waals surface area contributed by atoms with Crippen molar-refractivity contribution >= 4 is 21.6 Å². The van der Waals surface area contributed by atoms with Gasteiger partial charge in [-0.25, -0.2) is 8.42 Å². The standard InChI is InChI=1S/C27H30N2O3S/c1-18-8-14-25(15-9-18)33(31,32)29-26-17-24(11-10-19(26)2)27(30)28-20(3)22-13-12-21-6-4-5-7-23(21)16-22/h8-17,20,29H,4-7H2,1-3H3,(H,28,30). The second kappa shape index (κ2) is 9.40. The first kappa shape index (κ1) is 23.1. The number of amides is 1. The van der Waals surface area contributed by atoms with Crippen LogP contribution in [0.15, 0.2) is 65.6 Å². The molecule has 172 valence electrons. The van der Waals surface area contributed by atoms with Gasteiger partial charge in [0, 0.05) is 5.56 Å². The highest BCUT2D eigenvalue weighted by Gasteiger charge is 2.18. The molecule has 0 radical (unpaired) electrons. The van der Waals surface area contributed by atoms with Crippen LogP contribution in [-0.2, 0) is 22.9 Å². The van der Waals surface area contributed by atoms with Crippen molar-refractivity contribution in [3.63, 3.8) is 0 Å². The van der Waals surface area contributed by atoms with Crippen LogP contribution in [0.5, 0.6) is 0 Å². The van der Waals surface area contributed by atoms with Gasteiger partial charge < -0.3 is 5.32 Å². The van der Waals surface area contributed by atoms with E-state index in [4.69, 9.17) is 0 Å². The molecule has 0 saturated carbocycles. The molecule has 1 aliphatic carbocycles. The van der Waals surface area contributed by atoms with Gasteiger partial charge in [0.2, 0.25) is 0 Å². The van der Waals surface area contributed by atoms with Crippen molar-refractivity contribution in [2.45, 2.75) is 57.4 Å². The Bertz CT molecular complexity index is 1280. The van der Waals surface area contributed by atoms with Gasteiger partial charge in [-0.1, -0.05) is 42.0 Å². The summed E-state index contributed by atoms with van der Waals surface area (Å²) in [6, 6.07) is 18.0. The minimum Gasteiger partial charge on any atom is -0.346 e. The lowest BCUT2D eigenvalue weighted by molar-refractivity contribution is 0.0940. The maximum atomic E-state index is 13.0. The molecule has 1 atom stereocenters. The maximum Gasteiger partial charge on any atom is 0.261 e. The molecule has 1 amide bonds. The smallest absolute Gasteiger partial charge is 0.261 e. The molecular formula is C27H30N2O3S. The number of fused-ring (bicyclic) bond motifs is 1. The lowest BCUT2D eigenvalue weighted by Crippen LogP contribution is -2.27. The second-order valence-electron chi connectivity index (χ2n) is 8.88. The summed E-state index contributed by atoms with van der Waals surface area (Å²) in [4.78, 5) is 13.1. The molecule has 0 aliphatic heterocycles. The third-order valence-corrected chi connectivity index (χ3v) is 7.68. The molecule has 0 aromatic heterocycles. The molecule has 2 N–H and O–H groups in total. The van der Waals surface area contributed by atoms with E-state index in [-0.39, 0.29) is 16.8 Å². The number of nitrogens with one attached hydrogen (secondary N) is 2. The van der Waals surface area contributed by atoms with Gasteiger partial charge in [-0.3, -0.25) is 9.52 Å². The van der Waals surface area contributed by atoms with Crippen LogP contribution in [-0.4, -0.2) is 14.3 Å². The molecule has 0 spiro atoms. The van der Waals surface area contributed by atoms with E-state index in [0.29, 0.717) is 11.3 Å². The first-order chi connectivity index (χ1) is 15.7. The van der Waals surface area contributed by atoms with Gasteiger partial charge in [-0.15, -0.1) is 0 Å². The van der Waals surface area contributed by atoms with Crippen LogP contribution >= 0.6 is 0 Å². The van der Waals surface area contributed by atoms with E-state index in [1.165, 1.54) is 24.0 Å². The maximum absolute atomic E-state index is 13.0. The Labute approximate surface area is 196 Å². The van der Waals surface area contributed by atoms with E-state index in [1.807, 2.05) is 20.8 Å². The molecule has 1 aliphatic rings. The number of carbonyl (C=O) groups excluding carboxylic acids is 1. The van der Waals surface area contributed by atoms with Gasteiger partial charge in [0.1, 0.15) is 0 Å². The molecule has 3 aromatic rings. The topological polar surface area (TPSA) is 75.3 Å². The van der Waals surface area contributed by atoms with Crippen molar-refractivity contribution in [1.82, 2.24) is 5.32 Å². The van der Waals surface area contributed by atoms with E-state index >= 15 is 0 Å². The number of carbonyl (C=O) groups is 1. The lowest BCUT2D eigenvalue weighted by atomic mass is 9.89. The van der Waals surface area contributed by atoms with Gasteiger partial charge >= 0.3 is 0 Å². The van der Waals surface area contributed by atoms with Crippen LogP contribution in [0, 0.1) is 13.8 Å². The average Bonchev–Trinajstić information content (AvgIpc) is 2.80. The highest BCUT2D eigenvalue weighted by Crippen LogP contribution is 2.26. The van der Waals surface area contributed by atoms with E-state index in [1.54, 1.807) is 42.5 Å². The third kappa shape index (κ3) is 5.28. The van der Waals surface area contributed by atoms with Gasteiger partial charge in [0.25, 0.3) is 15.9 Å². The van der Waals surface area contributed by atoms with Crippen LogP contribution in [0.2, 0.25) is 0 Å². The molecule has 33 heavy (non-hydrogen) atoms. The molecule has 4 rings (SSSR count). The summed E-state index contributed by atoms with van der Waals surface area (Å²) < 4.78 is 28.3. The molecule has 0 saturated heterocycles. The predicted octanol–water partition coefficient (Wildman–Crippen LogP) is 5.47. The zero-order valence-corrected chi connectivity index (χ0v) is 20.1. The van der Waals surface area contributed by atoms with Crippen LogP contribution < -0.4 is 10.0 Å². The van der Waals surface area contributed by atoms with Crippen molar-refractivity contribution in [1.29, 1.82) is 0 Å². The first-order valence-electron chi connectivity index (χ1n) is 11.4. The normalized spacial score (nSPS) is 14.3. The summed E-state index contributed by atoms with van der Waals surface area (Å²) in [5, 5.41) is 3.05. The number of benzene rings is 3. The van der Waals surface area contributed by atoms with Crippen LogP contribution in [0.3, 0.4) is 0 Å². The van der Waals surface area contributed by atoms with E-state index in [9.17, 15) is 13.2 Å². The van der Waals surface area contributed by atoms with Crippen molar-refractivity contribution in [2.24, 2.45) is 0 Å². The summed E-state index contributed by atoms with van der Waals surface area (Å²) in [6.07, 6.45) is 4.66. The Hall–Kier alpha value is -3.12. The lowest BCUT2D eigenvalue weighted by Gasteiger charge is -2.20. The Balaban J connectivity index is 1.51. The first-order valence-corrected chi connectivity index (χ1v) is 12.8. The van der Waals surface area contributed by atoms with Crippen molar-refractivity contribution < 1.29 is 13.2 Å². The minimum absolute atomic E-state index is 0.154. The zero-order chi connectivity index (χ0) is 23.6. The van der Waals surface area contributed by atoms with Gasteiger partial charge in [0.15, 0.2) is 0 Å². The molecule has 3 aromatic carbocycles. The zero-order valence-electron chi connectivity index (χ0n) is 19.3. The molecule has 0 heterocycles. The molecule has 5 nitrogen and oxygen atoms in total. The number of hydrogen-bond acceptors (Lipinski definition) is 3. The van der Waals surface area contributed by atoms with Crippen molar-refractivity contribution in [3.05, 3.63) is 94.0 Å². The van der Waals surface area contributed by atoms with Crippen LogP contribution in [0.1, 0.15) is 64.0 Å². The second-order valence-corrected chi connectivity index (χ2v) is 10.6. The quantitative estimate of drug-likeness (QED) is 0.510. The Kier molecular flexibility index (Phi) is 6.56. The van der Waals surface area contributed by atoms with Gasteiger partial charge in [0.05, 0.1) is 16.6 Å². The highest BCUT2D eigenvalue weighted by molar-refractivity contribution is 7.92. The number of hydrogen-bond donors (Lipinski definition) is 2. The molecule has 0 bridgehead atoms. The Morgan fingerprint density at radius 1 is 0.879 bits per heavy atom. The third-order valence-electron chi connectivity index (χ3n) is 6.30. The Morgan fingerprint density at radius 3 is 2.30 bits per heavy atom. The number of anilines is 1. The van der Waals surface area contributed by atoms with E-state index in [0.717, 1.165) is 29.5 Å². The SMILES string of the molecule is Cc1ccc(S(=O)(=O)Nc2cc(C(=O)NC(C)c3ccc4c(c3)CCCC4)ccc2C)cc1. The summed E-state index contributed by atoms with van der Waals surface area (Å²) in [5.41, 5.74) is 6.39. The summed E-state index contributed by atoms with van der Waals surface area (Å²) in [5.74, 6) is -0.240. The van der Waals surface area contributed by atoms with E-state index in [2.05, 4.69) is 28.2 Å². The van der Waals surface area contributed by atoms with E-state index < -0.39 is 10.0 Å². The fourth-order valence-corrected chi connectivity index (χ4v) is 5.30. The van der Waals surface area contributed by atoms with Crippen molar-refractivity contribution in [3.8, 4) is 0 Å². The number of rotatable bonds is 6. The Morgan fingerprint density at radius 2 is 1.58 bits per heavy atom. The van der Waals surface area contributed by atoms with Gasteiger partial charge in [-0.05, 0) is 93.0 Å². The fourth-order valence-electron chi connectivity index (χ4n) is 4.18. The monoisotopic (exact) mass is 462 g/mol. The number of sulfonamides is 1. The molecule has 6 heteroatoms. The molecular weight excluding hydrogens is 432 g/mol. The largest absolute Gasteiger partial charge is 0.346 e. The average molecular weight is 463 g/mol. The highest BCUT2D eigenvalue weighted by atomic mass is 32.2. The summed E-state index contributed by atoms with van der Waals surface area (Å²) in [7, 11) is -3.75. The number of aryl methyl sites for hydroxylation is 4. The van der Waals surface area contributed by atoms with Crippen molar-refractivity contribution in [2.75, 3.05) is 4.72 Å². The molecule has 1 unspecified atom stereocenters. The summed E-state index contributed by atoms with van der Waals surface area (Å²) in [6.45, 7) is 5.68. The summed E-state index contributed by atoms with van der Waals surface area (Å²) >= 11 is 0. The predicted molar refractivity (Wildman–Crippen MR) is 132 cm³/mol. The van der Waals surface area contributed by atoms with Gasteiger partial charge in [-0.2, -0.15) is 0 Å². The minimum atomic E-state index is -3.75. The molecule has 0 fully saturated rings. The fraction of sp³-hybridized carbons (Fsp3) is 0.296. The van der Waals surface area contributed by atoms with Crippen LogP contribution in [0.4, 0.5) is 5.69 Å². The van der Waals surface area contributed by atoms with Crippen LogP contribution in [0.25, 0.3) is 0 Å².